The summed E-state index contributed by atoms with van der Waals surface area (Å²) < 4.78 is 6.70. The normalized spacial score (nSPS) is 10.8. The fourth-order valence-corrected chi connectivity index (χ4v) is 1.60. The number of unbranched alkanes of at least 4 members (excludes halogenated alkanes) is 1. The van der Waals surface area contributed by atoms with E-state index >= 15 is 0 Å². The molecule has 1 aromatic rings. The van der Waals surface area contributed by atoms with Crippen LogP contribution in [0.5, 0.6) is 5.75 Å². The zero-order chi connectivity index (χ0) is 11.8. The lowest BCUT2D eigenvalue weighted by molar-refractivity contribution is 0.305. The third-order valence-electron chi connectivity index (χ3n) is 2.21. The first-order valence-electron chi connectivity index (χ1n) is 5.80. The van der Waals surface area contributed by atoms with Crippen molar-refractivity contribution >= 4 is 15.9 Å². The van der Waals surface area contributed by atoms with E-state index in [4.69, 9.17) is 4.74 Å². The molecule has 90 valence electrons. The van der Waals surface area contributed by atoms with Crippen LogP contribution in [0, 0.1) is 0 Å². The zero-order valence-electron chi connectivity index (χ0n) is 10.0. The number of hydrogen-bond donors (Lipinski definition) is 1. The van der Waals surface area contributed by atoms with Crippen molar-refractivity contribution < 1.29 is 4.74 Å². The summed E-state index contributed by atoms with van der Waals surface area (Å²) in [5, 5.41) is 3.39. The van der Waals surface area contributed by atoms with Crippen LogP contribution in [-0.4, -0.2) is 19.2 Å². The summed E-state index contributed by atoms with van der Waals surface area (Å²) in [4.78, 5) is 0. The van der Waals surface area contributed by atoms with Gasteiger partial charge in [0.25, 0.3) is 0 Å². The Morgan fingerprint density at radius 1 is 1.19 bits per heavy atom. The molecule has 3 heteroatoms. The molecule has 0 spiro atoms. The summed E-state index contributed by atoms with van der Waals surface area (Å²) in [7, 11) is 0. The Morgan fingerprint density at radius 2 is 1.88 bits per heavy atom. The molecule has 0 unspecified atom stereocenters. The van der Waals surface area contributed by atoms with Gasteiger partial charge in [0.1, 0.15) is 5.75 Å². The monoisotopic (exact) mass is 285 g/mol. The largest absolute Gasteiger partial charge is 0.494 e. The van der Waals surface area contributed by atoms with Gasteiger partial charge in [-0.3, -0.25) is 0 Å². The highest BCUT2D eigenvalue weighted by Crippen LogP contribution is 2.16. The molecule has 0 aliphatic heterocycles. The minimum atomic E-state index is 0.576. The lowest BCUT2D eigenvalue weighted by Gasteiger charge is -2.08. The first-order valence-corrected chi connectivity index (χ1v) is 6.59. The molecule has 0 atom stereocenters. The van der Waals surface area contributed by atoms with E-state index < -0.39 is 0 Å². The Morgan fingerprint density at radius 3 is 2.50 bits per heavy atom. The van der Waals surface area contributed by atoms with Gasteiger partial charge in [-0.05, 0) is 43.7 Å². The molecule has 0 heterocycles. The fourth-order valence-electron chi connectivity index (χ4n) is 1.34. The molecule has 0 saturated carbocycles. The van der Waals surface area contributed by atoms with Gasteiger partial charge in [-0.25, -0.2) is 0 Å². The van der Waals surface area contributed by atoms with E-state index in [0.29, 0.717) is 6.04 Å². The van der Waals surface area contributed by atoms with Crippen LogP contribution in [0.25, 0.3) is 0 Å². The third kappa shape index (κ3) is 6.13. The van der Waals surface area contributed by atoms with Gasteiger partial charge in [0.15, 0.2) is 0 Å². The fraction of sp³-hybridized carbons (Fsp3) is 0.538. The molecule has 0 aliphatic carbocycles. The molecule has 0 radical (unpaired) electrons. The highest BCUT2D eigenvalue weighted by atomic mass is 79.9. The summed E-state index contributed by atoms with van der Waals surface area (Å²) in [6.07, 6.45) is 2.25. The van der Waals surface area contributed by atoms with Crippen molar-refractivity contribution in [2.45, 2.75) is 32.7 Å². The molecule has 1 aromatic carbocycles. The SMILES string of the molecule is CC(C)NCCCCOc1ccc(Br)cc1. The van der Waals surface area contributed by atoms with Gasteiger partial charge in [-0.1, -0.05) is 29.8 Å². The first-order chi connectivity index (χ1) is 7.68. The number of nitrogens with one attached hydrogen (secondary N) is 1. The predicted molar refractivity (Wildman–Crippen MR) is 72.0 cm³/mol. The Kier molecular flexibility index (Phi) is 6.50. The Balaban J connectivity index is 2.05. The lowest BCUT2D eigenvalue weighted by atomic mass is 10.3. The van der Waals surface area contributed by atoms with E-state index in [1.54, 1.807) is 0 Å². The van der Waals surface area contributed by atoms with E-state index in [-0.39, 0.29) is 0 Å². The van der Waals surface area contributed by atoms with E-state index in [9.17, 15) is 0 Å². The standard InChI is InChI=1S/C13H20BrNO/c1-11(2)15-9-3-4-10-16-13-7-5-12(14)6-8-13/h5-8,11,15H,3-4,9-10H2,1-2H3. The number of benzene rings is 1. The molecule has 1 rings (SSSR count). The van der Waals surface area contributed by atoms with Crippen molar-refractivity contribution in [2.24, 2.45) is 0 Å². The van der Waals surface area contributed by atoms with Crippen LogP contribution in [0.1, 0.15) is 26.7 Å². The van der Waals surface area contributed by atoms with E-state index in [0.717, 1.165) is 36.2 Å². The van der Waals surface area contributed by atoms with Gasteiger partial charge in [-0.15, -0.1) is 0 Å². The van der Waals surface area contributed by atoms with Gasteiger partial charge in [0.05, 0.1) is 6.61 Å². The summed E-state index contributed by atoms with van der Waals surface area (Å²) >= 11 is 3.40. The van der Waals surface area contributed by atoms with Crippen LogP contribution < -0.4 is 10.1 Å². The molecule has 2 nitrogen and oxygen atoms in total. The van der Waals surface area contributed by atoms with Gasteiger partial charge >= 0.3 is 0 Å². The average Bonchev–Trinajstić information content (AvgIpc) is 2.25. The van der Waals surface area contributed by atoms with Crippen LogP contribution in [-0.2, 0) is 0 Å². The summed E-state index contributed by atoms with van der Waals surface area (Å²) in [5.41, 5.74) is 0. The maximum absolute atomic E-state index is 5.62. The molecule has 0 fully saturated rings. The molecule has 1 N–H and O–H groups in total. The van der Waals surface area contributed by atoms with Crippen LogP contribution in [0.15, 0.2) is 28.7 Å². The zero-order valence-corrected chi connectivity index (χ0v) is 11.6. The van der Waals surface area contributed by atoms with Crippen molar-refractivity contribution in [3.8, 4) is 5.75 Å². The van der Waals surface area contributed by atoms with Crippen molar-refractivity contribution in [3.63, 3.8) is 0 Å². The van der Waals surface area contributed by atoms with Crippen molar-refractivity contribution in [3.05, 3.63) is 28.7 Å². The molecular formula is C13H20BrNO. The molecule has 0 saturated heterocycles. The second-order valence-electron chi connectivity index (χ2n) is 4.12. The number of hydrogen-bond acceptors (Lipinski definition) is 2. The van der Waals surface area contributed by atoms with Crippen molar-refractivity contribution in [2.75, 3.05) is 13.2 Å². The summed E-state index contributed by atoms with van der Waals surface area (Å²) in [5.74, 6) is 0.944. The van der Waals surface area contributed by atoms with Crippen LogP contribution in [0.4, 0.5) is 0 Å². The molecule has 16 heavy (non-hydrogen) atoms. The Bertz CT molecular complexity index is 284. The van der Waals surface area contributed by atoms with E-state index in [2.05, 4.69) is 35.1 Å². The number of rotatable bonds is 7. The average molecular weight is 286 g/mol. The maximum Gasteiger partial charge on any atom is 0.119 e. The molecule has 0 bridgehead atoms. The van der Waals surface area contributed by atoms with Crippen LogP contribution in [0.3, 0.4) is 0 Å². The van der Waals surface area contributed by atoms with Crippen molar-refractivity contribution in [1.82, 2.24) is 5.32 Å². The highest BCUT2D eigenvalue weighted by molar-refractivity contribution is 9.10. The second kappa shape index (κ2) is 7.69. The Labute approximate surface area is 107 Å². The van der Waals surface area contributed by atoms with E-state index in [1.807, 2.05) is 24.3 Å². The minimum Gasteiger partial charge on any atom is -0.494 e. The topological polar surface area (TPSA) is 21.3 Å². The third-order valence-corrected chi connectivity index (χ3v) is 2.73. The van der Waals surface area contributed by atoms with Gasteiger partial charge in [-0.2, -0.15) is 0 Å². The smallest absolute Gasteiger partial charge is 0.119 e. The first kappa shape index (κ1) is 13.5. The minimum absolute atomic E-state index is 0.576. The van der Waals surface area contributed by atoms with E-state index in [1.165, 1.54) is 0 Å². The van der Waals surface area contributed by atoms with Crippen LogP contribution >= 0.6 is 15.9 Å². The van der Waals surface area contributed by atoms with Crippen LogP contribution in [0.2, 0.25) is 0 Å². The highest BCUT2D eigenvalue weighted by Gasteiger charge is 1.95. The second-order valence-corrected chi connectivity index (χ2v) is 5.03. The number of ether oxygens (including phenoxy) is 1. The van der Waals surface area contributed by atoms with Gasteiger partial charge in [0, 0.05) is 10.5 Å². The quantitative estimate of drug-likeness (QED) is 0.773. The van der Waals surface area contributed by atoms with Gasteiger partial charge < -0.3 is 10.1 Å². The van der Waals surface area contributed by atoms with Crippen molar-refractivity contribution in [1.29, 1.82) is 0 Å². The lowest BCUT2D eigenvalue weighted by Crippen LogP contribution is -2.23. The summed E-state index contributed by atoms with van der Waals surface area (Å²) in [6, 6.07) is 8.53. The van der Waals surface area contributed by atoms with Gasteiger partial charge in [0.2, 0.25) is 0 Å². The molecule has 0 aliphatic rings. The molecule has 0 aromatic heterocycles. The Hall–Kier alpha value is -0.540. The molecule has 0 amide bonds. The maximum atomic E-state index is 5.62. The summed E-state index contributed by atoms with van der Waals surface area (Å²) in [6.45, 7) is 6.19. The molecular weight excluding hydrogens is 266 g/mol. The predicted octanol–water partition coefficient (Wildman–Crippen LogP) is 3.61. The number of halogens is 1.